The molecule has 7 nitrogen and oxygen atoms in total. The number of nitrogens with zero attached hydrogens (tertiary/aromatic N) is 2. The third-order valence-electron chi connectivity index (χ3n) is 5.65. The molecule has 0 spiro atoms. The first kappa shape index (κ1) is 21.3. The van der Waals surface area contributed by atoms with Gasteiger partial charge in [0.2, 0.25) is 5.91 Å². The van der Waals surface area contributed by atoms with E-state index in [1.165, 1.54) is 6.40 Å². The van der Waals surface area contributed by atoms with Crippen LogP contribution >= 0.6 is 0 Å². The third kappa shape index (κ3) is 4.63. The van der Waals surface area contributed by atoms with Crippen LogP contribution in [0.1, 0.15) is 5.56 Å². The summed E-state index contributed by atoms with van der Waals surface area (Å²) in [6, 6.07) is 7.42. The lowest BCUT2D eigenvalue weighted by Crippen LogP contribution is -2.37. The van der Waals surface area contributed by atoms with Gasteiger partial charge in [-0.05, 0) is 29.9 Å². The molecule has 1 aromatic carbocycles. The van der Waals surface area contributed by atoms with E-state index in [0.29, 0.717) is 18.1 Å². The highest BCUT2D eigenvalue weighted by molar-refractivity contribution is 5.83. The van der Waals surface area contributed by atoms with Crippen molar-refractivity contribution in [1.82, 2.24) is 4.90 Å². The summed E-state index contributed by atoms with van der Waals surface area (Å²) in [6.07, 6.45) is 23.7. The number of carbonyl (C=O) groups is 1. The molecule has 1 aliphatic carbocycles. The number of allylic oxidation sites excluding steroid dienone is 7. The number of nitrogens with two attached hydrogens (primary N) is 1. The van der Waals surface area contributed by atoms with Gasteiger partial charge in [-0.1, -0.05) is 60.7 Å². The van der Waals surface area contributed by atoms with E-state index in [1.54, 1.807) is 23.4 Å². The van der Waals surface area contributed by atoms with Gasteiger partial charge in [0.25, 0.3) is 0 Å². The number of carbonyl (C=O) groups excluding carboxylic acids is 1. The molecule has 2 atom stereocenters. The Labute approximate surface area is 197 Å². The highest BCUT2D eigenvalue weighted by atomic mass is 16.5. The molecule has 0 radical (unpaired) electrons. The lowest BCUT2D eigenvalue weighted by molar-refractivity contribution is -0.120. The van der Waals surface area contributed by atoms with Crippen LogP contribution in [0.5, 0.6) is 0 Å². The normalized spacial score (nSPS) is 28.3. The van der Waals surface area contributed by atoms with Gasteiger partial charge in [-0.2, -0.15) is 0 Å². The first-order chi connectivity index (χ1) is 16.7. The fourth-order valence-corrected chi connectivity index (χ4v) is 3.99. The maximum Gasteiger partial charge on any atom is 0.244 e. The zero-order valence-electron chi connectivity index (χ0n) is 18.4. The van der Waals surface area contributed by atoms with Gasteiger partial charge in [-0.15, -0.1) is 0 Å². The van der Waals surface area contributed by atoms with Crippen LogP contribution in [-0.4, -0.2) is 36.0 Å². The molecule has 5 rings (SSSR count). The average Bonchev–Trinajstić information content (AvgIpc) is 3.45. The van der Waals surface area contributed by atoms with E-state index in [4.69, 9.17) is 15.2 Å². The lowest BCUT2D eigenvalue weighted by Gasteiger charge is -2.28. The molecule has 2 unspecified atom stereocenters. The summed E-state index contributed by atoms with van der Waals surface area (Å²) in [7, 11) is 0. The Morgan fingerprint density at radius 2 is 2.03 bits per heavy atom. The smallest absolute Gasteiger partial charge is 0.244 e. The average molecular weight is 453 g/mol. The topological polar surface area (TPSA) is 89.2 Å². The lowest BCUT2D eigenvalue weighted by atomic mass is 10.0. The zero-order chi connectivity index (χ0) is 23.3. The molecule has 3 N–H and O–H groups in total. The number of hydrogen-bond donors (Lipinski definition) is 2. The summed E-state index contributed by atoms with van der Waals surface area (Å²) < 4.78 is 12.0. The number of amides is 1. The maximum absolute atomic E-state index is 12.0. The second kappa shape index (κ2) is 9.54. The van der Waals surface area contributed by atoms with E-state index in [9.17, 15) is 4.79 Å². The number of ether oxygens (including phenoxy) is 2. The molecule has 2 bridgehead atoms. The number of anilines is 1. The molecule has 34 heavy (non-hydrogen) atoms. The molecule has 3 aliphatic heterocycles. The molecule has 1 amide bonds. The van der Waals surface area contributed by atoms with Crippen molar-refractivity contribution in [2.75, 3.05) is 11.9 Å². The second-order valence-corrected chi connectivity index (χ2v) is 7.95. The van der Waals surface area contributed by atoms with Crippen molar-refractivity contribution in [1.29, 1.82) is 0 Å². The molecular formula is C27H24N4O3. The first-order valence-corrected chi connectivity index (χ1v) is 11.0. The Kier molecular flexibility index (Phi) is 5.99. The van der Waals surface area contributed by atoms with E-state index in [1.807, 2.05) is 66.8 Å². The van der Waals surface area contributed by atoms with Crippen LogP contribution in [0.4, 0.5) is 5.69 Å². The highest BCUT2D eigenvalue weighted by Gasteiger charge is 2.30. The largest absolute Gasteiger partial charge is 0.469 e. The summed E-state index contributed by atoms with van der Waals surface area (Å²) in [6.45, 7) is 0.388. The van der Waals surface area contributed by atoms with Gasteiger partial charge in [-0.25, -0.2) is 4.99 Å². The fourth-order valence-electron chi connectivity index (χ4n) is 3.99. The Morgan fingerprint density at radius 3 is 2.94 bits per heavy atom. The SMILES string of the molecule is NC(=O)C1C=C2CN1/C=C\N=C/OC1=CC=C/C1=C/C=C\C=C/C1=Cc3ccccc3NC1O2. The summed E-state index contributed by atoms with van der Waals surface area (Å²) in [5, 5.41) is 3.45. The van der Waals surface area contributed by atoms with Crippen molar-refractivity contribution in [3.63, 3.8) is 0 Å². The van der Waals surface area contributed by atoms with Gasteiger partial charge in [0, 0.05) is 29.2 Å². The number of benzene rings is 1. The maximum atomic E-state index is 12.0. The van der Waals surface area contributed by atoms with Gasteiger partial charge in [0.1, 0.15) is 17.6 Å². The van der Waals surface area contributed by atoms with Crippen molar-refractivity contribution >= 4 is 24.1 Å². The van der Waals surface area contributed by atoms with Crippen molar-refractivity contribution in [2.24, 2.45) is 10.7 Å². The third-order valence-corrected chi connectivity index (χ3v) is 5.65. The van der Waals surface area contributed by atoms with Crippen LogP contribution in [0.25, 0.3) is 6.08 Å². The number of nitrogens with one attached hydrogen (secondary N) is 1. The van der Waals surface area contributed by atoms with Crippen molar-refractivity contribution in [2.45, 2.75) is 12.3 Å². The summed E-state index contributed by atoms with van der Waals surface area (Å²) in [5.41, 5.74) is 9.59. The minimum absolute atomic E-state index is 0.388. The van der Waals surface area contributed by atoms with Gasteiger partial charge < -0.3 is 25.4 Å². The van der Waals surface area contributed by atoms with Crippen molar-refractivity contribution in [3.8, 4) is 0 Å². The molecule has 3 heterocycles. The van der Waals surface area contributed by atoms with Crippen LogP contribution in [0.3, 0.4) is 0 Å². The Bertz CT molecular complexity index is 1260. The number of rotatable bonds is 1. The van der Waals surface area contributed by atoms with Gasteiger partial charge in [-0.3, -0.25) is 4.79 Å². The zero-order valence-corrected chi connectivity index (χ0v) is 18.4. The van der Waals surface area contributed by atoms with E-state index in [0.717, 1.165) is 22.4 Å². The minimum Gasteiger partial charge on any atom is -0.469 e. The van der Waals surface area contributed by atoms with Gasteiger partial charge >= 0.3 is 0 Å². The van der Waals surface area contributed by atoms with Crippen molar-refractivity contribution in [3.05, 3.63) is 120 Å². The molecule has 7 heteroatoms. The van der Waals surface area contributed by atoms with E-state index < -0.39 is 18.2 Å². The molecular weight excluding hydrogens is 428 g/mol. The van der Waals surface area contributed by atoms with E-state index in [2.05, 4.69) is 22.5 Å². The molecule has 0 aromatic heterocycles. The summed E-state index contributed by atoms with van der Waals surface area (Å²) in [4.78, 5) is 18.0. The number of hydrogen-bond acceptors (Lipinski definition) is 6. The number of fused-ring (bicyclic) bond motifs is 5. The monoisotopic (exact) mass is 452 g/mol. The molecule has 0 fully saturated rings. The van der Waals surface area contributed by atoms with Crippen LogP contribution < -0.4 is 11.1 Å². The predicted molar refractivity (Wildman–Crippen MR) is 133 cm³/mol. The van der Waals surface area contributed by atoms with Crippen LogP contribution in [0.15, 0.2) is 119 Å². The quantitative estimate of drug-likeness (QED) is 0.674. The fraction of sp³-hybridized carbons (Fsp3) is 0.111. The first-order valence-electron chi connectivity index (χ1n) is 11.0. The Morgan fingerprint density at radius 1 is 1.12 bits per heavy atom. The minimum atomic E-state index is -0.623. The molecule has 0 saturated heterocycles. The Balaban J connectivity index is 1.49. The number of primary amides is 1. The number of aliphatic imine (C=N–C) groups is 1. The van der Waals surface area contributed by atoms with Crippen LogP contribution in [0.2, 0.25) is 0 Å². The van der Waals surface area contributed by atoms with E-state index in [-0.39, 0.29) is 0 Å². The Hall–Kier alpha value is -4.52. The summed E-state index contributed by atoms with van der Waals surface area (Å²) in [5.74, 6) is 0.890. The van der Waals surface area contributed by atoms with Crippen LogP contribution in [0, 0.1) is 0 Å². The van der Waals surface area contributed by atoms with Crippen molar-refractivity contribution < 1.29 is 14.3 Å². The molecule has 1 aromatic rings. The number of para-hydroxylation sites is 1. The predicted octanol–water partition coefficient (Wildman–Crippen LogP) is 3.91. The van der Waals surface area contributed by atoms with Gasteiger partial charge in [0.05, 0.1) is 6.54 Å². The summed E-state index contributed by atoms with van der Waals surface area (Å²) >= 11 is 0. The molecule has 170 valence electrons. The van der Waals surface area contributed by atoms with Crippen LogP contribution in [-0.2, 0) is 14.3 Å². The van der Waals surface area contributed by atoms with Gasteiger partial charge in [0.15, 0.2) is 12.6 Å². The molecule has 0 saturated carbocycles. The van der Waals surface area contributed by atoms with E-state index >= 15 is 0 Å². The molecule has 4 aliphatic rings. The second-order valence-electron chi connectivity index (χ2n) is 7.95. The highest BCUT2D eigenvalue weighted by Crippen LogP contribution is 2.30. The standard InChI is InChI=1S/C27H24N4O3/c28-26(32)24-16-22-17-31(24)14-13-29-18-33-25-12-6-10-19(25)7-2-1-3-9-21-15-20-8-4-5-11-23(20)30-27(21)34-22/h1-16,18,24,27,30H,17H2,(H2,28,32)/b2-1-,9-3-,14-13-,19-7-,29-18-.